The average molecular weight is 502 g/mol. The monoisotopic (exact) mass is 501 g/mol. The molecule has 0 atom stereocenters. The maximum atomic E-state index is 12.4. The number of esters is 1. The van der Waals surface area contributed by atoms with Gasteiger partial charge in [0.05, 0.1) is 34.6 Å². The molecule has 0 spiro atoms. The maximum Gasteiger partial charge on any atom is 0.338 e. The van der Waals surface area contributed by atoms with Gasteiger partial charge in [-0.05, 0) is 44.2 Å². The van der Waals surface area contributed by atoms with Gasteiger partial charge in [0.15, 0.2) is 11.0 Å². The molecule has 0 saturated heterocycles. The molecular weight excluding hydrogens is 478 g/mol. The van der Waals surface area contributed by atoms with Crippen molar-refractivity contribution in [3.8, 4) is 0 Å². The molecule has 9 nitrogen and oxygen atoms in total. The molecule has 3 aromatic rings. The first-order valence-electron chi connectivity index (χ1n) is 10.4. The second-order valence-electron chi connectivity index (χ2n) is 7.49. The van der Waals surface area contributed by atoms with Crippen LogP contribution in [-0.4, -0.2) is 44.4 Å². The fourth-order valence-corrected chi connectivity index (χ4v) is 3.81. The van der Waals surface area contributed by atoms with E-state index in [2.05, 4.69) is 20.8 Å². The number of benzene rings is 2. The molecule has 2 aromatic carbocycles. The molecule has 0 radical (unpaired) electrons. The van der Waals surface area contributed by atoms with Crippen molar-refractivity contribution in [3.05, 3.63) is 70.5 Å². The smallest absolute Gasteiger partial charge is 0.338 e. The number of hydrogen-bond donors (Lipinski definition) is 2. The summed E-state index contributed by atoms with van der Waals surface area (Å²) in [6.07, 6.45) is -0.233. The first kappa shape index (κ1) is 25.3. The Morgan fingerprint density at radius 3 is 2.62 bits per heavy atom. The van der Waals surface area contributed by atoms with Crippen LogP contribution in [0.5, 0.6) is 0 Å². The van der Waals surface area contributed by atoms with E-state index in [1.165, 1.54) is 11.8 Å². The first-order chi connectivity index (χ1) is 16.2. The second kappa shape index (κ2) is 11.7. The van der Waals surface area contributed by atoms with Crippen LogP contribution in [0.4, 0.5) is 5.69 Å². The molecule has 3 rings (SSSR count). The van der Waals surface area contributed by atoms with Crippen LogP contribution < -0.4 is 10.6 Å². The number of amides is 2. The van der Waals surface area contributed by atoms with E-state index < -0.39 is 5.97 Å². The van der Waals surface area contributed by atoms with Crippen LogP contribution in [0, 0.1) is 0 Å². The number of thioether (sulfide) groups is 1. The van der Waals surface area contributed by atoms with E-state index in [-0.39, 0.29) is 30.2 Å². The van der Waals surface area contributed by atoms with Gasteiger partial charge in [-0.1, -0.05) is 41.6 Å². The van der Waals surface area contributed by atoms with Gasteiger partial charge < -0.3 is 19.9 Å². The molecule has 0 fully saturated rings. The maximum absolute atomic E-state index is 12.4. The second-order valence-corrected chi connectivity index (χ2v) is 8.84. The van der Waals surface area contributed by atoms with Crippen molar-refractivity contribution in [1.29, 1.82) is 0 Å². The van der Waals surface area contributed by atoms with Crippen LogP contribution in [0.15, 0.2) is 53.7 Å². The molecule has 0 bridgehead atoms. The minimum absolute atomic E-state index is 0.0820. The van der Waals surface area contributed by atoms with E-state index in [1.807, 2.05) is 0 Å². The number of nitrogens with zero attached hydrogens (tertiary/aromatic N) is 3. The summed E-state index contributed by atoms with van der Waals surface area (Å²) >= 11 is 7.25. The first-order valence-corrected chi connectivity index (χ1v) is 11.8. The molecule has 0 aliphatic rings. The van der Waals surface area contributed by atoms with Gasteiger partial charge >= 0.3 is 5.97 Å². The van der Waals surface area contributed by atoms with E-state index in [0.29, 0.717) is 32.8 Å². The highest BCUT2D eigenvalue weighted by Gasteiger charge is 2.15. The lowest BCUT2D eigenvalue weighted by atomic mass is 10.2. The van der Waals surface area contributed by atoms with E-state index in [0.717, 1.165) is 0 Å². The van der Waals surface area contributed by atoms with Crippen molar-refractivity contribution in [2.45, 2.75) is 31.7 Å². The Hall–Kier alpha value is -3.37. The summed E-state index contributed by atoms with van der Waals surface area (Å²) in [4.78, 5) is 36.8. The minimum Gasteiger partial charge on any atom is -0.459 e. The van der Waals surface area contributed by atoms with Gasteiger partial charge in [0.2, 0.25) is 5.91 Å². The van der Waals surface area contributed by atoms with Crippen molar-refractivity contribution >= 4 is 46.8 Å². The van der Waals surface area contributed by atoms with Crippen LogP contribution in [-0.2, 0) is 23.1 Å². The minimum atomic E-state index is -0.450. The third kappa shape index (κ3) is 6.82. The Morgan fingerprint density at radius 1 is 1.12 bits per heavy atom. The van der Waals surface area contributed by atoms with Crippen LogP contribution >= 0.6 is 23.4 Å². The molecule has 34 heavy (non-hydrogen) atoms. The Balaban J connectivity index is 1.52. The van der Waals surface area contributed by atoms with Crippen molar-refractivity contribution < 1.29 is 19.1 Å². The van der Waals surface area contributed by atoms with E-state index in [9.17, 15) is 14.4 Å². The Labute approximate surface area is 206 Å². The van der Waals surface area contributed by atoms with Gasteiger partial charge in [-0.3, -0.25) is 9.59 Å². The molecule has 2 amide bonds. The summed E-state index contributed by atoms with van der Waals surface area (Å²) < 4.78 is 6.88. The zero-order chi connectivity index (χ0) is 24.7. The van der Waals surface area contributed by atoms with E-state index >= 15 is 0 Å². The molecular formula is C23H24ClN5O4S. The summed E-state index contributed by atoms with van der Waals surface area (Å²) in [6, 6.07) is 13.3. The highest BCUT2D eigenvalue weighted by atomic mass is 35.5. The zero-order valence-corrected chi connectivity index (χ0v) is 20.4. The lowest BCUT2D eigenvalue weighted by molar-refractivity contribution is -0.113. The lowest BCUT2D eigenvalue weighted by Crippen LogP contribution is -2.24. The number of anilines is 1. The predicted octanol–water partition coefficient (Wildman–Crippen LogP) is 3.69. The molecule has 0 saturated carbocycles. The third-order valence-corrected chi connectivity index (χ3v) is 5.86. The Morgan fingerprint density at radius 2 is 1.88 bits per heavy atom. The number of nitrogens with one attached hydrogen (secondary N) is 2. The molecule has 1 heterocycles. The van der Waals surface area contributed by atoms with Gasteiger partial charge in [0.1, 0.15) is 0 Å². The highest BCUT2D eigenvalue weighted by Crippen LogP contribution is 2.18. The molecule has 11 heteroatoms. The average Bonchev–Trinajstić information content (AvgIpc) is 3.15. The number of hydrogen-bond acceptors (Lipinski definition) is 7. The quantitative estimate of drug-likeness (QED) is 0.339. The van der Waals surface area contributed by atoms with Gasteiger partial charge in [-0.15, -0.1) is 10.2 Å². The van der Waals surface area contributed by atoms with Crippen molar-refractivity contribution in [1.82, 2.24) is 20.1 Å². The van der Waals surface area contributed by atoms with Gasteiger partial charge in [0, 0.05) is 12.7 Å². The molecule has 1 aromatic heterocycles. The van der Waals surface area contributed by atoms with E-state index in [4.69, 9.17) is 16.3 Å². The van der Waals surface area contributed by atoms with Crippen molar-refractivity contribution in [2.75, 3.05) is 11.1 Å². The standard InChI is InChI=1S/C23H24ClN5O4S/c1-14(2)33-22(32)15-7-6-8-16(11-15)26-20(30)13-34-23-28-27-19(29(23)3)12-25-21(31)17-9-4-5-10-18(17)24/h4-11,14H,12-13H2,1-3H3,(H,25,31)(H,26,30). The number of carbonyl (C=O) groups excluding carboxylic acids is 3. The number of aromatic nitrogens is 3. The van der Waals surface area contributed by atoms with Crippen molar-refractivity contribution in [2.24, 2.45) is 7.05 Å². The van der Waals surface area contributed by atoms with Crippen LogP contribution in [0.25, 0.3) is 0 Å². The predicted molar refractivity (Wildman–Crippen MR) is 130 cm³/mol. The van der Waals surface area contributed by atoms with Crippen LogP contribution in [0.2, 0.25) is 5.02 Å². The normalized spacial score (nSPS) is 10.7. The highest BCUT2D eigenvalue weighted by molar-refractivity contribution is 7.99. The summed E-state index contributed by atoms with van der Waals surface area (Å²) in [5.41, 5.74) is 1.22. The number of rotatable bonds is 9. The van der Waals surface area contributed by atoms with Gasteiger partial charge in [0.25, 0.3) is 5.91 Å². The number of carbonyl (C=O) groups is 3. The fraction of sp³-hybridized carbons (Fsp3) is 0.261. The third-order valence-electron chi connectivity index (χ3n) is 4.51. The number of ether oxygens (including phenoxy) is 1. The van der Waals surface area contributed by atoms with E-state index in [1.54, 1.807) is 74.0 Å². The SMILES string of the molecule is CC(C)OC(=O)c1cccc(NC(=O)CSc2nnc(CNC(=O)c3ccccc3Cl)n2C)c1. The molecule has 178 valence electrons. The topological polar surface area (TPSA) is 115 Å². The van der Waals surface area contributed by atoms with Gasteiger partial charge in [-0.2, -0.15) is 0 Å². The summed E-state index contributed by atoms with van der Waals surface area (Å²) in [5.74, 6) is -0.426. The van der Waals surface area contributed by atoms with Crippen molar-refractivity contribution in [3.63, 3.8) is 0 Å². The summed E-state index contributed by atoms with van der Waals surface area (Å²) in [5, 5.41) is 14.6. The Bertz CT molecular complexity index is 1200. The molecule has 0 unspecified atom stereocenters. The van der Waals surface area contributed by atoms with Gasteiger partial charge in [-0.25, -0.2) is 4.79 Å². The fourth-order valence-electron chi connectivity index (χ4n) is 2.86. The largest absolute Gasteiger partial charge is 0.459 e. The molecule has 0 aliphatic carbocycles. The summed E-state index contributed by atoms with van der Waals surface area (Å²) in [6.45, 7) is 3.69. The van der Waals surface area contributed by atoms with Crippen LogP contribution in [0.3, 0.4) is 0 Å². The number of halogens is 1. The molecule has 2 N–H and O–H groups in total. The lowest BCUT2D eigenvalue weighted by Gasteiger charge is -2.10. The Kier molecular flexibility index (Phi) is 8.67. The van der Waals surface area contributed by atoms with Crippen LogP contribution in [0.1, 0.15) is 40.4 Å². The summed E-state index contributed by atoms with van der Waals surface area (Å²) in [7, 11) is 1.75. The zero-order valence-electron chi connectivity index (χ0n) is 18.9. The molecule has 0 aliphatic heterocycles.